The highest BCUT2D eigenvalue weighted by atomic mass is 16.2. The number of H-pyrrole nitrogens is 1. The maximum atomic E-state index is 12.6. The molecule has 1 aromatic carbocycles. The fourth-order valence-corrected chi connectivity index (χ4v) is 3.45. The molecule has 0 fully saturated rings. The Kier molecular flexibility index (Phi) is 5.22. The van der Waals surface area contributed by atoms with Gasteiger partial charge < -0.3 is 10.6 Å². The highest BCUT2D eigenvalue weighted by Gasteiger charge is 2.22. The molecule has 2 amide bonds. The molecule has 3 N–H and O–H groups in total. The zero-order valence-corrected chi connectivity index (χ0v) is 14.9. The van der Waals surface area contributed by atoms with E-state index in [-0.39, 0.29) is 12.1 Å². The van der Waals surface area contributed by atoms with E-state index >= 15 is 0 Å². The minimum Gasteiger partial charge on any atom is -0.335 e. The van der Waals surface area contributed by atoms with Gasteiger partial charge in [0.25, 0.3) is 0 Å². The lowest BCUT2D eigenvalue weighted by Gasteiger charge is -2.24. The number of amides is 2. The Balaban J connectivity index is 1.71. The van der Waals surface area contributed by atoms with Crippen LogP contribution in [0.1, 0.15) is 48.6 Å². The van der Waals surface area contributed by atoms with Gasteiger partial charge in [0.1, 0.15) is 0 Å². The summed E-state index contributed by atoms with van der Waals surface area (Å²) >= 11 is 0. The molecule has 1 atom stereocenters. The summed E-state index contributed by atoms with van der Waals surface area (Å²) in [6, 6.07) is 6.14. The first-order chi connectivity index (χ1) is 12.1. The quantitative estimate of drug-likeness (QED) is 0.723. The number of nitrogens with zero attached hydrogens (tertiary/aromatic N) is 1. The number of hydrogen-bond donors (Lipinski definition) is 3. The summed E-state index contributed by atoms with van der Waals surface area (Å²) in [5, 5.41) is 13.3. The van der Waals surface area contributed by atoms with Gasteiger partial charge >= 0.3 is 6.03 Å². The summed E-state index contributed by atoms with van der Waals surface area (Å²) in [5.74, 6) is 0.335. The normalized spacial score (nSPS) is 16.4. The number of benzene rings is 1. The van der Waals surface area contributed by atoms with E-state index in [2.05, 4.69) is 47.3 Å². The summed E-state index contributed by atoms with van der Waals surface area (Å²) in [4.78, 5) is 12.6. The number of hydrogen-bond acceptors (Lipinski definition) is 2. The van der Waals surface area contributed by atoms with Crippen molar-refractivity contribution in [3.8, 4) is 0 Å². The number of urea groups is 1. The number of aromatic nitrogens is 2. The molecule has 0 saturated heterocycles. The average Bonchev–Trinajstić information content (AvgIpc) is 3.04. The first kappa shape index (κ1) is 17.3. The van der Waals surface area contributed by atoms with Crippen molar-refractivity contribution in [3.63, 3.8) is 0 Å². The van der Waals surface area contributed by atoms with Gasteiger partial charge in [-0.25, -0.2) is 4.79 Å². The first-order valence-electron chi connectivity index (χ1n) is 8.89. The highest BCUT2D eigenvalue weighted by Crippen LogP contribution is 2.28. The van der Waals surface area contributed by atoms with Crippen LogP contribution in [0.5, 0.6) is 0 Å². The minimum atomic E-state index is -0.147. The maximum Gasteiger partial charge on any atom is 0.319 e. The molecule has 5 nitrogen and oxygen atoms in total. The number of carbonyl (C=O) groups excluding carboxylic acids is 1. The SMILES string of the molecule is C=CCc1cccc(C(C)C)c1NC(=O)N[C@H]1CCc2cn[nH]c2C1. The summed E-state index contributed by atoms with van der Waals surface area (Å²) in [6.45, 7) is 8.09. The predicted molar refractivity (Wildman–Crippen MR) is 101 cm³/mol. The van der Waals surface area contributed by atoms with E-state index in [0.717, 1.165) is 48.2 Å². The number of aryl methyl sites for hydroxylation is 1. The molecule has 5 heteroatoms. The predicted octanol–water partition coefficient (Wildman–Crippen LogP) is 3.94. The number of carbonyl (C=O) groups is 1. The maximum absolute atomic E-state index is 12.6. The van der Waals surface area contributed by atoms with Crippen LogP contribution in [0.4, 0.5) is 10.5 Å². The Hall–Kier alpha value is -2.56. The number of fused-ring (bicyclic) bond motifs is 1. The second-order valence-corrected chi connectivity index (χ2v) is 6.94. The van der Waals surface area contributed by atoms with Gasteiger partial charge in [-0.15, -0.1) is 6.58 Å². The van der Waals surface area contributed by atoms with Gasteiger partial charge in [-0.3, -0.25) is 5.10 Å². The Labute approximate surface area is 148 Å². The second-order valence-electron chi connectivity index (χ2n) is 6.94. The molecule has 0 aliphatic heterocycles. The van der Waals surface area contributed by atoms with Crippen LogP contribution in [0.2, 0.25) is 0 Å². The van der Waals surface area contributed by atoms with Gasteiger partial charge in [-0.05, 0) is 41.9 Å². The van der Waals surface area contributed by atoms with E-state index in [4.69, 9.17) is 0 Å². The molecule has 0 saturated carbocycles. The monoisotopic (exact) mass is 338 g/mol. The topological polar surface area (TPSA) is 69.8 Å². The lowest BCUT2D eigenvalue weighted by atomic mass is 9.94. The Morgan fingerprint density at radius 2 is 2.32 bits per heavy atom. The number of aromatic amines is 1. The van der Waals surface area contributed by atoms with Crippen LogP contribution < -0.4 is 10.6 Å². The summed E-state index contributed by atoms with van der Waals surface area (Å²) < 4.78 is 0. The van der Waals surface area contributed by atoms with Crippen LogP contribution in [-0.2, 0) is 19.3 Å². The molecule has 1 aliphatic carbocycles. The number of allylic oxidation sites excluding steroid dienone is 1. The first-order valence-corrected chi connectivity index (χ1v) is 8.89. The van der Waals surface area contributed by atoms with Crippen molar-refractivity contribution in [2.75, 3.05) is 5.32 Å². The van der Waals surface area contributed by atoms with Crippen LogP contribution in [0.15, 0.2) is 37.1 Å². The van der Waals surface area contributed by atoms with Crippen molar-refractivity contribution >= 4 is 11.7 Å². The molecule has 0 radical (unpaired) electrons. The Bertz CT molecular complexity index is 763. The number of anilines is 1. The Morgan fingerprint density at radius 1 is 1.48 bits per heavy atom. The van der Waals surface area contributed by atoms with E-state index in [1.807, 2.05) is 24.4 Å². The molecule has 0 bridgehead atoms. The van der Waals surface area contributed by atoms with E-state index in [9.17, 15) is 4.79 Å². The van der Waals surface area contributed by atoms with Crippen molar-refractivity contribution in [2.45, 2.75) is 51.5 Å². The van der Waals surface area contributed by atoms with Gasteiger partial charge in [-0.2, -0.15) is 5.10 Å². The molecule has 2 aromatic rings. The van der Waals surface area contributed by atoms with Crippen molar-refractivity contribution in [1.82, 2.24) is 15.5 Å². The van der Waals surface area contributed by atoms with Gasteiger partial charge in [0.15, 0.2) is 0 Å². The van der Waals surface area contributed by atoms with Gasteiger partial charge in [0, 0.05) is 23.8 Å². The van der Waals surface area contributed by atoms with Crippen molar-refractivity contribution in [2.24, 2.45) is 0 Å². The number of para-hydroxylation sites is 1. The molecular formula is C20H26N4O. The standard InChI is InChI=1S/C20H26N4O/c1-4-6-14-7-5-8-17(13(2)3)19(14)23-20(25)22-16-10-9-15-12-21-24-18(15)11-16/h4-5,7-8,12-13,16H,1,6,9-11H2,2-3H3,(H,21,24)(H2,22,23,25)/t16-/m0/s1. The Morgan fingerprint density at radius 3 is 3.08 bits per heavy atom. The average molecular weight is 338 g/mol. The van der Waals surface area contributed by atoms with Gasteiger partial charge in [0.2, 0.25) is 0 Å². The van der Waals surface area contributed by atoms with Crippen LogP contribution in [0.3, 0.4) is 0 Å². The van der Waals surface area contributed by atoms with E-state index in [0.29, 0.717) is 5.92 Å². The van der Waals surface area contributed by atoms with Crippen molar-refractivity contribution < 1.29 is 4.79 Å². The largest absolute Gasteiger partial charge is 0.335 e. The molecule has 3 rings (SSSR count). The number of rotatable bonds is 5. The summed E-state index contributed by atoms with van der Waals surface area (Å²) in [7, 11) is 0. The minimum absolute atomic E-state index is 0.127. The van der Waals surface area contributed by atoms with Crippen LogP contribution in [0, 0.1) is 0 Å². The molecule has 25 heavy (non-hydrogen) atoms. The van der Waals surface area contributed by atoms with Crippen molar-refractivity contribution in [3.05, 3.63) is 59.4 Å². The molecular weight excluding hydrogens is 312 g/mol. The van der Waals surface area contributed by atoms with Crippen molar-refractivity contribution in [1.29, 1.82) is 0 Å². The highest BCUT2D eigenvalue weighted by molar-refractivity contribution is 5.91. The molecule has 1 aliphatic rings. The van der Waals surface area contributed by atoms with E-state index in [1.54, 1.807) is 0 Å². The van der Waals surface area contributed by atoms with E-state index < -0.39 is 0 Å². The molecule has 0 spiro atoms. The third kappa shape index (κ3) is 3.92. The third-order valence-corrected chi connectivity index (χ3v) is 4.76. The zero-order chi connectivity index (χ0) is 17.8. The summed E-state index contributed by atoms with van der Waals surface area (Å²) in [6.07, 6.45) is 7.16. The molecule has 0 unspecified atom stereocenters. The second kappa shape index (κ2) is 7.55. The lowest BCUT2D eigenvalue weighted by molar-refractivity contribution is 0.247. The molecule has 132 valence electrons. The van der Waals surface area contributed by atoms with Crippen LogP contribution >= 0.6 is 0 Å². The lowest BCUT2D eigenvalue weighted by Crippen LogP contribution is -2.41. The van der Waals surface area contributed by atoms with Gasteiger partial charge in [-0.1, -0.05) is 38.1 Å². The smallest absolute Gasteiger partial charge is 0.319 e. The van der Waals surface area contributed by atoms with Crippen LogP contribution in [0.25, 0.3) is 0 Å². The third-order valence-electron chi connectivity index (χ3n) is 4.76. The fourth-order valence-electron chi connectivity index (χ4n) is 3.45. The zero-order valence-electron chi connectivity index (χ0n) is 14.9. The summed E-state index contributed by atoms with van der Waals surface area (Å²) in [5.41, 5.74) is 5.54. The van der Waals surface area contributed by atoms with Crippen LogP contribution in [-0.4, -0.2) is 22.3 Å². The fraction of sp³-hybridized carbons (Fsp3) is 0.400. The van der Waals surface area contributed by atoms with Gasteiger partial charge in [0.05, 0.1) is 6.20 Å². The molecule has 1 aromatic heterocycles. The molecule has 1 heterocycles. The van der Waals surface area contributed by atoms with E-state index in [1.165, 1.54) is 5.56 Å². The number of nitrogens with one attached hydrogen (secondary N) is 3.